The number of carbonyl (C=O) groups is 1. The lowest BCUT2D eigenvalue weighted by Gasteiger charge is -2.28. The van der Waals surface area contributed by atoms with Gasteiger partial charge in [0.1, 0.15) is 0 Å². The predicted molar refractivity (Wildman–Crippen MR) is 82.8 cm³/mol. The molecule has 1 fully saturated rings. The van der Waals surface area contributed by atoms with Gasteiger partial charge in [-0.3, -0.25) is 14.6 Å². The van der Waals surface area contributed by atoms with Gasteiger partial charge in [-0.1, -0.05) is 34.1 Å². The third-order valence-electron chi connectivity index (χ3n) is 3.89. The second-order valence-corrected chi connectivity index (χ2v) is 6.11. The lowest BCUT2D eigenvalue weighted by Crippen LogP contribution is -2.35. The Morgan fingerprint density at radius 1 is 1.30 bits per heavy atom. The third kappa shape index (κ3) is 4.04. The summed E-state index contributed by atoms with van der Waals surface area (Å²) in [6, 6.07) is 8.65. The second kappa shape index (κ2) is 7.20. The van der Waals surface area contributed by atoms with E-state index in [1.54, 1.807) is 0 Å². The summed E-state index contributed by atoms with van der Waals surface area (Å²) >= 11 is 3.61. The summed E-state index contributed by atoms with van der Waals surface area (Å²) in [5.41, 5.74) is 1.29. The zero-order valence-corrected chi connectivity index (χ0v) is 13.3. The first-order valence-electron chi connectivity index (χ1n) is 7.00. The van der Waals surface area contributed by atoms with Crippen LogP contribution in [0.4, 0.5) is 0 Å². The molecule has 0 amide bonds. The number of rotatable bonds is 4. The van der Waals surface area contributed by atoms with E-state index in [0.717, 1.165) is 37.1 Å². The predicted octanol–water partition coefficient (Wildman–Crippen LogP) is 2.60. The first-order chi connectivity index (χ1) is 9.58. The summed E-state index contributed by atoms with van der Waals surface area (Å²) < 4.78 is 1.14. The minimum atomic E-state index is -0.739. The highest BCUT2D eigenvalue weighted by Crippen LogP contribution is 2.28. The van der Waals surface area contributed by atoms with Crippen LogP contribution in [0.25, 0.3) is 0 Å². The highest BCUT2D eigenvalue weighted by atomic mass is 79.9. The summed E-state index contributed by atoms with van der Waals surface area (Å²) in [5, 5.41) is 8.89. The van der Waals surface area contributed by atoms with E-state index in [1.807, 2.05) is 11.0 Å². The van der Waals surface area contributed by atoms with Gasteiger partial charge >= 0.3 is 5.97 Å². The van der Waals surface area contributed by atoms with Gasteiger partial charge in [-0.25, -0.2) is 0 Å². The van der Waals surface area contributed by atoms with Gasteiger partial charge in [-0.05, 0) is 25.0 Å². The van der Waals surface area contributed by atoms with Crippen LogP contribution < -0.4 is 0 Å². The molecule has 1 aliphatic rings. The van der Waals surface area contributed by atoms with E-state index in [-0.39, 0.29) is 6.54 Å². The molecule has 1 atom stereocenters. The van der Waals surface area contributed by atoms with Crippen molar-refractivity contribution in [2.24, 2.45) is 0 Å². The number of carboxylic acids is 1. The second-order valence-electron chi connectivity index (χ2n) is 5.26. The minimum absolute atomic E-state index is 0.150. The fourth-order valence-electron chi connectivity index (χ4n) is 2.74. The van der Waals surface area contributed by atoms with E-state index in [4.69, 9.17) is 5.11 Å². The highest BCUT2D eigenvalue weighted by molar-refractivity contribution is 9.10. The fourth-order valence-corrected chi connectivity index (χ4v) is 3.35. The van der Waals surface area contributed by atoms with E-state index in [9.17, 15) is 4.79 Å². The van der Waals surface area contributed by atoms with Gasteiger partial charge in [-0.2, -0.15) is 0 Å². The lowest BCUT2D eigenvalue weighted by atomic mass is 10.1. The van der Waals surface area contributed by atoms with Gasteiger partial charge in [0.25, 0.3) is 0 Å². The van der Waals surface area contributed by atoms with Crippen LogP contribution in [0.15, 0.2) is 28.7 Å². The van der Waals surface area contributed by atoms with Crippen molar-refractivity contribution in [1.82, 2.24) is 9.80 Å². The Kier molecular flexibility index (Phi) is 5.57. The molecule has 0 bridgehead atoms. The van der Waals surface area contributed by atoms with Crippen LogP contribution in [0, 0.1) is 0 Å². The minimum Gasteiger partial charge on any atom is -0.480 e. The molecule has 1 aliphatic heterocycles. The normalized spacial score (nSPS) is 19.5. The van der Waals surface area contributed by atoms with Crippen LogP contribution in [0.3, 0.4) is 0 Å². The maximum atomic E-state index is 10.8. The topological polar surface area (TPSA) is 43.8 Å². The average molecular weight is 341 g/mol. The number of nitrogens with zero attached hydrogens (tertiary/aromatic N) is 2. The maximum absolute atomic E-state index is 10.8. The average Bonchev–Trinajstić information content (AvgIpc) is 2.63. The molecule has 5 heteroatoms. The highest BCUT2D eigenvalue weighted by Gasteiger charge is 2.22. The van der Waals surface area contributed by atoms with Gasteiger partial charge in [0.05, 0.1) is 6.54 Å². The molecule has 0 aliphatic carbocycles. The van der Waals surface area contributed by atoms with Gasteiger partial charge in [0.2, 0.25) is 0 Å². The van der Waals surface area contributed by atoms with Crippen LogP contribution in [-0.2, 0) is 4.79 Å². The van der Waals surface area contributed by atoms with Crippen molar-refractivity contribution < 1.29 is 9.90 Å². The first kappa shape index (κ1) is 15.5. The smallest absolute Gasteiger partial charge is 0.317 e. The van der Waals surface area contributed by atoms with Crippen molar-refractivity contribution in [2.45, 2.75) is 19.4 Å². The molecule has 0 radical (unpaired) electrons. The van der Waals surface area contributed by atoms with Gasteiger partial charge < -0.3 is 5.11 Å². The fraction of sp³-hybridized carbons (Fsp3) is 0.533. The molecule has 0 aromatic heterocycles. The summed E-state index contributed by atoms with van der Waals surface area (Å²) in [6.45, 7) is 5.98. The van der Waals surface area contributed by atoms with Crippen molar-refractivity contribution >= 4 is 21.9 Å². The van der Waals surface area contributed by atoms with Crippen LogP contribution in [0.1, 0.15) is 24.9 Å². The Hall–Kier alpha value is -0.910. The third-order valence-corrected chi connectivity index (χ3v) is 4.61. The zero-order valence-electron chi connectivity index (χ0n) is 11.8. The first-order valence-corrected chi connectivity index (χ1v) is 7.80. The summed E-state index contributed by atoms with van der Waals surface area (Å²) in [4.78, 5) is 15.3. The van der Waals surface area contributed by atoms with E-state index in [2.05, 4.69) is 46.0 Å². The summed E-state index contributed by atoms with van der Waals surface area (Å²) in [5.74, 6) is -0.739. The maximum Gasteiger partial charge on any atom is 0.317 e. The standard InChI is InChI=1S/C15H21BrN2O2/c1-12(13-5-2-3-6-14(13)16)18-8-4-7-17(9-10-18)11-15(19)20/h2-3,5-6,12H,4,7-11H2,1H3,(H,19,20). The molecule has 0 spiro atoms. The van der Waals surface area contributed by atoms with Crippen molar-refractivity contribution in [2.75, 3.05) is 32.7 Å². The molecule has 1 aromatic carbocycles. The van der Waals surface area contributed by atoms with Crippen LogP contribution in [0.5, 0.6) is 0 Å². The van der Waals surface area contributed by atoms with Crippen molar-refractivity contribution in [3.05, 3.63) is 34.3 Å². The molecule has 2 rings (SSSR count). The Balaban J connectivity index is 2.00. The van der Waals surface area contributed by atoms with E-state index in [0.29, 0.717) is 6.04 Å². The monoisotopic (exact) mass is 340 g/mol. The van der Waals surface area contributed by atoms with Gasteiger partial charge in [-0.15, -0.1) is 0 Å². The molecule has 0 saturated carbocycles. The Labute approximate surface area is 128 Å². The molecule has 1 saturated heterocycles. The van der Waals surface area contributed by atoms with Crippen LogP contribution in [-0.4, -0.2) is 53.6 Å². The quantitative estimate of drug-likeness (QED) is 0.914. The van der Waals surface area contributed by atoms with E-state index >= 15 is 0 Å². The summed E-state index contributed by atoms with van der Waals surface area (Å²) in [6.07, 6.45) is 1.02. The van der Waals surface area contributed by atoms with E-state index in [1.165, 1.54) is 5.56 Å². The number of hydrogen-bond acceptors (Lipinski definition) is 3. The van der Waals surface area contributed by atoms with Crippen molar-refractivity contribution in [3.8, 4) is 0 Å². The number of hydrogen-bond donors (Lipinski definition) is 1. The molecule has 4 nitrogen and oxygen atoms in total. The number of halogens is 1. The molecule has 20 heavy (non-hydrogen) atoms. The zero-order chi connectivity index (χ0) is 14.5. The Bertz CT molecular complexity index is 467. The molecule has 1 unspecified atom stereocenters. The SMILES string of the molecule is CC(c1ccccc1Br)N1CCCN(CC(=O)O)CC1. The van der Waals surface area contributed by atoms with Crippen molar-refractivity contribution in [1.29, 1.82) is 0 Å². The number of benzene rings is 1. The lowest BCUT2D eigenvalue weighted by molar-refractivity contribution is -0.138. The van der Waals surface area contributed by atoms with Crippen molar-refractivity contribution in [3.63, 3.8) is 0 Å². The Morgan fingerprint density at radius 2 is 2.05 bits per heavy atom. The van der Waals surface area contributed by atoms with Crippen LogP contribution in [0.2, 0.25) is 0 Å². The summed E-state index contributed by atoms with van der Waals surface area (Å²) in [7, 11) is 0. The number of aliphatic carboxylic acids is 1. The van der Waals surface area contributed by atoms with Gasteiger partial charge in [0, 0.05) is 36.7 Å². The molecule has 1 N–H and O–H groups in total. The molecule has 1 aromatic rings. The largest absolute Gasteiger partial charge is 0.480 e. The Morgan fingerprint density at radius 3 is 2.75 bits per heavy atom. The van der Waals surface area contributed by atoms with Crippen LogP contribution >= 0.6 is 15.9 Å². The van der Waals surface area contributed by atoms with E-state index < -0.39 is 5.97 Å². The molecular formula is C15H21BrN2O2. The molecular weight excluding hydrogens is 320 g/mol. The molecule has 110 valence electrons. The van der Waals surface area contributed by atoms with Gasteiger partial charge in [0.15, 0.2) is 0 Å². The molecule has 1 heterocycles. The number of carboxylic acid groups (broad SMARTS) is 1.